The van der Waals surface area contributed by atoms with Crippen LogP contribution in [0.15, 0.2) is 18.3 Å². The number of alkyl halides is 3. The van der Waals surface area contributed by atoms with Gasteiger partial charge in [-0.2, -0.15) is 13.2 Å². The Morgan fingerprint density at radius 2 is 1.95 bits per heavy atom. The van der Waals surface area contributed by atoms with Crippen LogP contribution in [0.5, 0.6) is 0 Å². The van der Waals surface area contributed by atoms with Gasteiger partial charge in [0, 0.05) is 13.1 Å². The molecule has 0 fully saturated rings. The van der Waals surface area contributed by atoms with Gasteiger partial charge in [-0.15, -0.1) is 0 Å². The van der Waals surface area contributed by atoms with Crippen molar-refractivity contribution in [2.75, 3.05) is 0 Å². The van der Waals surface area contributed by atoms with E-state index in [1.165, 1.54) is 13.0 Å². The van der Waals surface area contributed by atoms with Crippen molar-refractivity contribution in [2.24, 2.45) is 5.41 Å². The molecule has 3 nitrogen and oxygen atoms in total. The Balaban J connectivity index is 3.10. The number of pyridine rings is 1. The first kappa shape index (κ1) is 16.5. The molecule has 0 aliphatic heterocycles. The highest BCUT2D eigenvalue weighted by molar-refractivity contribution is 5.73. The Labute approximate surface area is 116 Å². The van der Waals surface area contributed by atoms with E-state index in [4.69, 9.17) is 0 Å². The van der Waals surface area contributed by atoms with E-state index in [-0.39, 0.29) is 11.3 Å². The number of rotatable bonds is 3. The lowest BCUT2D eigenvalue weighted by molar-refractivity contribution is -0.141. The summed E-state index contributed by atoms with van der Waals surface area (Å²) in [7, 11) is 0. The number of carbonyl (C=O) groups excluding carboxylic acids is 1. The van der Waals surface area contributed by atoms with E-state index in [1.807, 2.05) is 20.8 Å². The van der Waals surface area contributed by atoms with Gasteiger partial charge in [0.25, 0.3) is 0 Å². The maximum absolute atomic E-state index is 12.7. The van der Waals surface area contributed by atoms with Crippen molar-refractivity contribution in [1.29, 1.82) is 0 Å². The van der Waals surface area contributed by atoms with Gasteiger partial charge in [-0.05, 0) is 29.5 Å². The molecule has 1 aromatic heterocycles. The zero-order valence-electron chi connectivity index (χ0n) is 12.0. The molecular formula is C14H19F3N2O. The van der Waals surface area contributed by atoms with Crippen LogP contribution >= 0.6 is 0 Å². The van der Waals surface area contributed by atoms with Gasteiger partial charge in [0.2, 0.25) is 5.91 Å². The van der Waals surface area contributed by atoms with E-state index < -0.39 is 17.9 Å². The number of hydrogen-bond donors (Lipinski definition) is 1. The van der Waals surface area contributed by atoms with Crippen LogP contribution in [0.2, 0.25) is 0 Å². The summed E-state index contributed by atoms with van der Waals surface area (Å²) in [6, 6.07) is 2.03. The molecule has 0 unspecified atom stereocenters. The van der Waals surface area contributed by atoms with Crippen LogP contribution in [0.1, 0.15) is 51.4 Å². The Bertz CT molecular complexity index is 478. The average molecular weight is 288 g/mol. The molecule has 112 valence electrons. The van der Waals surface area contributed by atoms with E-state index in [1.54, 1.807) is 0 Å². The smallest absolute Gasteiger partial charge is 0.350 e. The molecule has 0 bridgehead atoms. The van der Waals surface area contributed by atoms with Crippen molar-refractivity contribution in [3.8, 4) is 0 Å². The first-order valence-corrected chi connectivity index (χ1v) is 6.29. The number of halogens is 3. The van der Waals surface area contributed by atoms with Crippen molar-refractivity contribution in [1.82, 2.24) is 10.3 Å². The molecule has 0 spiro atoms. The maximum Gasteiger partial charge on any atom is 0.433 e. The van der Waals surface area contributed by atoms with Crippen molar-refractivity contribution < 1.29 is 18.0 Å². The monoisotopic (exact) mass is 288 g/mol. The molecular weight excluding hydrogens is 269 g/mol. The number of nitrogens with one attached hydrogen (secondary N) is 1. The van der Waals surface area contributed by atoms with Gasteiger partial charge < -0.3 is 5.32 Å². The lowest BCUT2D eigenvalue weighted by Crippen LogP contribution is -2.29. The Hall–Kier alpha value is -1.59. The molecule has 0 saturated carbocycles. The van der Waals surface area contributed by atoms with Gasteiger partial charge in [-0.3, -0.25) is 9.78 Å². The first-order valence-electron chi connectivity index (χ1n) is 6.29. The maximum atomic E-state index is 12.7. The molecule has 1 atom stereocenters. The number of amides is 1. The molecule has 20 heavy (non-hydrogen) atoms. The van der Waals surface area contributed by atoms with Crippen LogP contribution in [0.3, 0.4) is 0 Å². The fraction of sp³-hybridized carbons (Fsp3) is 0.571. The largest absolute Gasteiger partial charge is 0.433 e. The molecule has 6 heteroatoms. The molecule has 1 amide bonds. The second-order valence-corrected chi connectivity index (χ2v) is 5.99. The zero-order chi connectivity index (χ0) is 15.6. The number of carbonyl (C=O) groups is 1. The minimum Gasteiger partial charge on any atom is -0.350 e. The normalized spacial score (nSPS) is 13.9. The number of nitrogens with zero attached hydrogens (tertiary/aromatic N) is 1. The third kappa shape index (κ3) is 5.19. The van der Waals surface area contributed by atoms with Gasteiger partial charge in [0.1, 0.15) is 5.69 Å². The fourth-order valence-electron chi connectivity index (χ4n) is 1.93. The van der Waals surface area contributed by atoms with Gasteiger partial charge in [-0.25, -0.2) is 0 Å². The first-order chi connectivity index (χ1) is 8.99. The van der Waals surface area contributed by atoms with Gasteiger partial charge in [-0.1, -0.05) is 20.8 Å². The summed E-state index contributed by atoms with van der Waals surface area (Å²) in [5.41, 5.74) is -0.661. The standard InChI is InChI=1S/C14H19F3N2O/c1-9(20)19-11(8-13(2,3)4)10-5-6-18-12(7-10)14(15,16)17/h5-7,11H,8H2,1-4H3,(H,19,20)/t11-/m1/s1. The molecule has 0 saturated heterocycles. The topological polar surface area (TPSA) is 42.0 Å². The Morgan fingerprint density at radius 3 is 2.40 bits per heavy atom. The van der Waals surface area contributed by atoms with Crippen LogP contribution in [0.4, 0.5) is 13.2 Å². The Morgan fingerprint density at radius 1 is 1.35 bits per heavy atom. The van der Waals surface area contributed by atoms with Crippen LogP contribution in [0, 0.1) is 5.41 Å². The van der Waals surface area contributed by atoms with E-state index in [0.29, 0.717) is 12.0 Å². The summed E-state index contributed by atoms with van der Waals surface area (Å²) >= 11 is 0. The second-order valence-electron chi connectivity index (χ2n) is 5.99. The molecule has 1 rings (SSSR count). The zero-order valence-corrected chi connectivity index (χ0v) is 12.0. The van der Waals surface area contributed by atoms with Gasteiger partial charge in [0.15, 0.2) is 0 Å². The van der Waals surface area contributed by atoms with E-state index in [0.717, 1.165) is 12.3 Å². The van der Waals surface area contributed by atoms with Crippen molar-refractivity contribution >= 4 is 5.91 Å². The van der Waals surface area contributed by atoms with Crippen molar-refractivity contribution in [3.05, 3.63) is 29.6 Å². The summed E-state index contributed by atoms with van der Waals surface area (Å²) in [4.78, 5) is 14.6. The summed E-state index contributed by atoms with van der Waals surface area (Å²) in [6.07, 6.45) is -2.83. The quantitative estimate of drug-likeness (QED) is 0.921. The predicted octanol–water partition coefficient (Wildman–Crippen LogP) is 3.71. The lowest BCUT2D eigenvalue weighted by atomic mass is 9.85. The minimum absolute atomic E-state index is 0.130. The van der Waals surface area contributed by atoms with Crippen LogP contribution in [-0.2, 0) is 11.0 Å². The molecule has 0 radical (unpaired) electrons. The molecule has 1 N–H and O–H groups in total. The van der Waals surface area contributed by atoms with Gasteiger partial charge in [0.05, 0.1) is 6.04 Å². The highest BCUT2D eigenvalue weighted by atomic mass is 19.4. The van der Waals surface area contributed by atoms with Crippen LogP contribution in [0.25, 0.3) is 0 Å². The SMILES string of the molecule is CC(=O)N[C@H](CC(C)(C)C)c1ccnc(C(F)(F)F)c1. The Kier molecular flexibility index (Phi) is 4.78. The highest BCUT2D eigenvalue weighted by Gasteiger charge is 2.33. The molecule has 1 aromatic rings. The van der Waals surface area contributed by atoms with Crippen LogP contribution < -0.4 is 5.32 Å². The van der Waals surface area contributed by atoms with Gasteiger partial charge >= 0.3 is 6.18 Å². The number of aromatic nitrogens is 1. The predicted molar refractivity (Wildman–Crippen MR) is 69.9 cm³/mol. The van der Waals surface area contributed by atoms with Crippen molar-refractivity contribution in [3.63, 3.8) is 0 Å². The minimum atomic E-state index is -4.49. The summed E-state index contributed by atoms with van der Waals surface area (Å²) in [5, 5.41) is 2.70. The summed E-state index contributed by atoms with van der Waals surface area (Å²) in [6.45, 7) is 7.25. The van der Waals surface area contributed by atoms with E-state index in [2.05, 4.69) is 10.3 Å². The third-order valence-electron chi connectivity index (χ3n) is 2.67. The third-order valence-corrected chi connectivity index (χ3v) is 2.67. The summed E-state index contributed by atoms with van der Waals surface area (Å²) in [5.74, 6) is -0.273. The molecule has 0 aliphatic carbocycles. The van der Waals surface area contributed by atoms with E-state index >= 15 is 0 Å². The van der Waals surface area contributed by atoms with Crippen molar-refractivity contribution in [2.45, 2.75) is 46.3 Å². The molecule has 0 aromatic carbocycles. The van der Waals surface area contributed by atoms with E-state index in [9.17, 15) is 18.0 Å². The fourth-order valence-corrected chi connectivity index (χ4v) is 1.93. The summed E-state index contributed by atoms with van der Waals surface area (Å²) < 4.78 is 38.0. The average Bonchev–Trinajstić information content (AvgIpc) is 2.24. The molecule has 1 heterocycles. The molecule has 0 aliphatic rings. The van der Waals surface area contributed by atoms with Crippen LogP contribution in [-0.4, -0.2) is 10.9 Å². The number of hydrogen-bond acceptors (Lipinski definition) is 2. The lowest BCUT2D eigenvalue weighted by Gasteiger charge is -2.27. The second kappa shape index (κ2) is 5.81. The highest BCUT2D eigenvalue weighted by Crippen LogP contribution is 2.32.